The van der Waals surface area contributed by atoms with E-state index in [0.717, 1.165) is 10.6 Å². The zero-order valence-electron chi connectivity index (χ0n) is 12.1. The number of fused-ring (bicyclic) bond motifs is 1. The number of carboxylic acids is 1. The smallest absolute Gasteiger partial charge is 0.339 e. The van der Waals surface area contributed by atoms with Gasteiger partial charge in [-0.2, -0.15) is 5.10 Å². The van der Waals surface area contributed by atoms with Crippen LogP contribution in [0.5, 0.6) is 5.75 Å². The van der Waals surface area contributed by atoms with Gasteiger partial charge in [-0.1, -0.05) is 0 Å². The monoisotopic (exact) mass is 314 g/mol. The highest BCUT2D eigenvalue weighted by atomic mass is 32.1. The number of thiophene rings is 1. The highest BCUT2D eigenvalue weighted by Gasteiger charge is 2.17. The number of nitrogens with one attached hydrogen (secondary N) is 1. The topological polar surface area (TPSA) is 75.2 Å². The average molecular weight is 314 g/mol. The lowest BCUT2D eigenvalue weighted by Gasteiger charge is -2.06. The number of ether oxygens (including phenoxy) is 1. The van der Waals surface area contributed by atoms with E-state index < -0.39 is 5.97 Å². The van der Waals surface area contributed by atoms with Gasteiger partial charge in [0.15, 0.2) is 0 Å². The molecule has 112 valence electrons. The number of rotatable bonds is 4. The molecule has 3 rings (SSSR count). The predicted octanol–water partition coefficient (Wildman–Crippen LogP) is 3.81. The maximum absolute atomic E-state index is 11.3. The third kappa shape index (κ3) is 2.37. The van der Waals surface area contributed by atoms with Gasteiger partial charge >= 0.3 is 5.97 Å². The van der Waals surface area contributed by atoms with Crippen molar-refractivity contribution in [2.75, 3.05) is 7.11 Å². The summed E-state index contributed by atoms with van der Waals surface area (Å²) < 4.78 is 5.31. The summed E-state index contributed by atoms with van der Waals surface area (Å²) >= 11 is 1.65. The summed E-state index contributed by atoms with van der Waals surface area (Å²) in [6.45, 7) is 2.05. The van der Waals surface area contributed by atoms with Crippen LogP contribution < -0.4 is 4.74 Å². The van der Waals surface area contributed by atoms with Crippen LogP contribution >= 0.6 is 11.3 Å². The Hall–Kier alpha value is -2.60. The summed E-state index contributed by atoms with van der Waals surface area (Å²) in [5.41, 5.74) is 2.72. The number of hydrogen-bond acceptors (Lipinski definition) is 4. The number of carbonyl (C=O) groups is 1. The molecule has 0 bridgehead atoms. The molecule has 0 aliphatic heterocycles. The minimum atomic E-state index is -1.02. The number of H-pyrrole nitrogens is 1. The van der Waals surface area contributed by atoms with Gasteiger partial charge in [-0.05, 0) is 48.2 Å². The summed E-state index contributed by atoms with van der Waals surface area (Å²) in [7, 11) is 1.46. The first-order chi connectivity index (χ1) is 10.6. The van der Waals surface area contributed by atoms with Crippen molar-refractivity contribution < 1.29 is 14.6 Å². The van der Waals surface area contributed by atoms with Gasteiger partial charge in [-0.25, -0.2) is 4.79 Å². The van der Waals surface area contributed by atoms with Crippen LogP contribution in [-0.4, -0.2) is 28.4 Å². The lowest BCUT2D eigenvalue weighted by molar-refractivity contribution is 0.0693. The highest BCUT2D eigenvalue weighted by Crippen LogP contribution is 2.32. The molecule has 6 heteroatoms. The van der Waals surface area contributed by atoms with Crippen LogP contribution in [0, 0.1) is 6.92 Å². The normalized spacial score (nSPS) is 11.4. The first-order valence-electron chi connectivity index (χ1n) is 6.62. The first-order valence-corrected chi connectivity index (χ1v) is 7.50. The van der Waals surface area contributed by atoms with Gasteiger partial charge in [-0.3, -0.25) is 5.10 Å². The number of benzene rings is 1. The molecule has 0 radical (unpaired) electrons. The van der Waals surface area contributed by atoms with Gasteiger partial charge in [0.25, 0.3) is 0 Å². The Morgan fingerprint density at radius 2 is 2.18 bits per heavy atom. The van der Waals surface area contributed by atoms with Crippen molar-refractivity contribution in [3.05, 3.63) is 45.3 Å². The lowest BCUT2D eigenvalue weighted by Crippen LogP contribution is -2.00. The second kappa shape index (κ2) is 5.65. The number of methoxy groups -OCH3 is 1. The van der Waals surface area contributed by atoms with Crippen LogP contribution in [-0.2, 0) is 0 Å². The Morgan fingerprint density at radius 3 is 2.82 bits per heavy atom. The second-order valence-electron chi connectivity index (χ2n) is 4.78. The van der Waals surface area contributed by atoms with Crippen molar-refractivity contribution in [1.82, 2.24) is 10.2 Å². The van der Waals surface area contributed by atoms with E-state index in [1.165, 1.54) is 18.7 Å². The van der Waals surface area contributed by atoms with Crippen LogP contribution in [0.1, 0.15) is 26.5 Å². The van der Waals surface area contributed by atoms with E-state index in [-0.39, 0.29) is 5.56 Å². The van der Waals surface area contributed by atoms with Crippen LogP contribution in [0.4, 0.5) is 0 Å². The second-order valence-corrected chi connectivity index (χ2v) is 5.73. The third-order valence-corrected chi connectivity index (χ3v) is 4.42. The van der Waals surface area contributed by atoms with E-state index in [0.29, 0.717) is 16.7 Å². The summed E-state index contributed by atoms with van der Waals surface area (Å²) in [6.07, 6.45) is 3.88. The molecule has 0 saturated heterocycles. The lowest BCUT2D eigenvalue weighted by atomic mass is 10.1. The maximum atomic E-state index is 11.3. The van der Waals surface area contributed by atoms with Crippen LogP contribution in [0.3, 0.4) is 0 Å². The summed E-state index contributed by atoms with van der Waals surface area (Å²) in [5, 5.41) is 19.1. The van der Waals surface area contributed by atoms with Crippen molar-refractivity contribution in [2.45, 2.75) is 6.92 Å². The van der Waals surface area contributed by atoms with E-state index in [4.69, 9.17) is 4.74 Å². The van der Waals surface area contributed by atoms with E-state index >= 15 is 0 Å². The van der Waals surface area contributed by atoms with Gasteiger partial charge in [0.05, 0.1) is 23.7 Å². The van der Waals surface area contributed by atoms with Crippen molar-refractivity contribution in [3.8, 4) is 5.75 Å². The Kier molecular flexibility index (Phi) is 3.68. The van der Waals surface area contributed by atoms with Crippen LogP contribution in [0.2, 0.25) is 0 Å². The summed E-state index contributed by atoms with van der Waals surface area (Å²) in [5.74, 6) is -0.703. The molecule has 0 unspecified atom stereocenters. The molecule has 0 fully saturated rings. The maximum Gasteiger partial charge on any atom is 0.339 e. The molecule has 22 heavy (non-hydrogen) atoms. The molecule has 0 atom stereocenters. The average Bonchev–Trinajstić information content (AvgIpc) is 3.10. The van der Waals surface area contributed by atoms with E-state index in [9.17, 15) is 9.90 Å². The SMILES string of the molecule is COc1c(C(=O)O)ccc2n[nH]c(/C=C/c3sccc3C)c12. The Balaban J connectivity index is 2.14. The molecule has 2 heterocycles. The molecule has 0 amide bonds. The standard InChI is InChI=1S/C16H14N2O3S/c1-9-7-8-22-13(9)6-5-12-14-11(17-18-12)4-3-10(16(19)20)15(14)21-2/h3-8H,1-2H3,(H,17,18)(H,19,20)/b6-5+. The molecule has 0 aliphatic carbocycles. The summed E-state index contributed by atoms with van der Waals surface area (Å²) in [4.78, 5) is 12.5. The van der Waals surface area contributed by atoms with Gasteiger partial charge in [0.2, 0.25) is 0 Å². The number of hydrogen-bond donors (Lipinski definition) is 2. The molecule has 0 saturated carbocycles. The zero-order chi connectivity index (χ0) is 15.7. The molecule has 0 spiro atoms. The molecule has 5 nitrogen and oxygen atoms in total. The summed E-state index contributed by atoms with van der Waals surface area (Å²) in [6, 6.07) is 5.23. The van der Waals surface area contributed by atoms with Crippen molar-refractivity contribution in [1.29, 1.82) is 0 Å². The Labute approximate surface area is 130 Å². The Bertz CT molecular complexity index is 877. The number of aromatic nitrogens is 2. The Morgan fingerprint density at radius 1 is 1.36 bits per heavy atom. The van der Waals surface area contributed by atoms with Gasteiger partial charge in [0, 0.05) is 4.88 Å². The molecular formula is C16H14N2O3S. The van der Waals surface area contributed by atoms with Crippen molar-refractivity contribution in [2.24, 2.45) is 0 Å². The highest BCUT2D eigenvalue weighted by molar-refractivity contribution is 7.11. The minimum absolute atomic E-state index is 0.123. The van der Waals surface area contributed by atoms with Gasteiger partial charge < -0.3 is 9.84 Å². The first kappa shape index (κ1) is 14.3. The van der Waals surface area contributed by atoms with Crippen LogP contribution in [0.25, 0.3) is 23.1 Å². The largest absolute Gasteiger partial charge is 0.495 e. The van der Waals surface area contributed by atoms with Crippen molar-refractivity contribution >= 4 is 40.4 Å². The van der Waals surface area contributed by atoms with Gasteiger partial charge in [-0.15, -0.1) is 11.3 Å². The fourth-order valence-electron chi connectivity index (χ4n) is 2.32. The molecular weight excluding hydrogens is 300 g/mol. The van der Waals surface area contributed by atoms with Crippen molar-refractivity contribution in [3.63, 3.8) is 0 Å². The fraction of sp³-hybridized carbons (Fsp3) is 0.125. The van der Waals surface area contributed by atoms with Crippen LogP contribution in [0.15, 0.2) is 23.6 Å². The number of aromatic carboxylic acids is 1. The fourth-order valence-corrected chi connectivity index (χ4v) is 3.14. The number of aromatic amines is 1. The van der Waals surface area contributed by atoms with E-state index in [2.05, 4.69) is 16.3 Å². The van der Waals surface area contributed by atoms with E-state index in [1.807, 2.05) is 24.5 Å². The number of carboxylic acid groups (broad SMARTS) is 1. The van der Waals surface area contributed by atoms with E-state index in [1.54, 1.807) is 17.4 Å². The molecule has 2 aromatic heterocycles. The number of aryl methyl sites for hydroxylation is 1. The molecule has 3 aromatic rings. The minimum Gasteiger partial charge on any atom is -0.495 e. The zero-order valence-corrected chi connectivity index (χ0v) is 12.9. The quantitative estimate of drug-likeness (QED) is 0.768. The molecule has 1 aromatic carbocycles. The molecule has 0 aliphatic rings. The third-order valence-electron chi connectivity index (χ3n) is 3.44. The molecule has 2 N–H and O–H groups in total. The predicted molar refractivity (Wildman–Crippen MR) is 87.6 cm³/mol. The van der Waals surface area contributed by atoms with Gasteiger partial charge in [0.1, 0.15) is 11.3 Å². The number of nitrogens with zero attached hydrogens (tertiary/aromatic N) is 1.